The first kappa shape index (κ1) is 21.8. The summed E-state index contributed by atoms with van der Waals surface area (Å²) in [5.74, 6) is 0. The molecule has 148 valence electrons. The zero-order valence-corrected chi connectivity index (χ0v) is 17.1. The molecule has 2 rings (SSSR count). The molecule has 2 aromatic rings. The van der Waals surface area contributed by atoms with E-state index in [4.69, 9.17) is 9.53 Å². The van der Waals surface area contributed by atoms with Crippen molar-refractivity contribution >= 4 is 18.7 Å². The van der Waals surface area contributed by atoms with Gasteiger partial charge in [0.15, 0.2) is 0 Å². The molecule has 0 bridgehead atoms. The Bertz CT molecular complexity index is 647. The Morgan fingerprint density at radius 1 is 0.815 bits per heavy atom. The fourth-order valence-electron chi connectivity index (χ4n) is 3.43. The van der Waals surface area contributed by atoms with Crippen molar-refractivity contribution in [2.24, 2.45) is 0 Å². The van der Waals surface area contributed by atoms with Crippen LogP contribution in [0.15, 0.2) is 60.7 Å². The van der Waals surface area contributed by atoms with Gasteiger partial charge in [0.05, 0.1) is 13.2 Å². The number of aliphatic hydroxyl groups excluding tert-OH is 4. The van der Waals surface area contributed by atoms with E-state index in [1.54, 1.807) is 0 Å². The molecule has 0 aliphatic rings. The van der Waals surface area contributed by atoms with E-state index in [0.717, 1.165) is 10.4 Å². The lowest BCUT2D eigenvalue weighted by atomic mass is 10.1. The van der Waals surface area contributed by atoms with Crippen LogP contribution in [0.2, 0.25) is 5.04 Å². The minimum Gasteiger partial charge on any atom is -0.405 e. The smallest absolute Gasteiger partial charge is 0.261 e. The highest BCUT2D eigenvalue weighted by atomic mass is 28.4. The number of hydrogen-bond acceptors (Lipinski definition) is 5. The summed E-state index contributed by atoms with van der Waals surface area (Å²) in [7, 11) is -2.82. The Hall–Kier alpha value is -1.54. The summed E-state index contributed by atoms with van der Waals surface area (Å²) in [6.45, 7) is 5.57. The third-order valence-corrected chi connectivity index (χ3v) is 9.87. The Labute approximate surface area is 162 Å². The van der Waals surface area contributed by atoms with E-state index >= 15 is 0 Å². The molecule has 0 aliphatic carbocycles. The summed E-state index contributed by atoms with van der Waals surface area (Å²) in [4.78, 5) is 0. The summed E-state index contributed by atoms with van der Waals surface area (Å²) in [6.07, 6.45) is -4.20. The molecule has 0 spiro atoms. The van der Waals surface area contributed by atoms with Crippen LogP contribution in [0.5, 0.6) is 0 Å². The van der Waals surface area contributed by atoms with Gasteiger partial charge in [-0.3, -0.25) is 0 Å². The molecule has 0 aliphatic heterocycles. The average Bonchev–Trinajstić information content (AvgIpc) is 2.67. The van der Waals surface area contributed by atoms with Crippen LogP contribution < -0.4 is 10.4 Å². The SMILES string of the molecule is CC(C)(C)[Si](OC[C@@H](O)C(O)C(O)CO)(c1ccccc1)c1ccccc1. The van der Waals surface area contributed by atoms with Crippen molar-refractivity contribution < 1.29 is 24.9 Å². The zero-order chi connectivity index (χ0) is 20.1. The highest BCUT2D eigenvalue weighted by Crippen LogP contribution is 2.36. The second-order valence-corrected chi connectivity index (χ2v) is 12.1. The monoisotopic (exact) mass is 390 g/mol. The molecule has 2 aromatic carbocycles. The third kappa shape index (κ3) is 4.66. The van der Waals surface area contributed by atoms with E-state index in [2.05, 4.69) is 20.8 Å². The molecule has 0 saturated heterocycles. The van der Waals surface area contributed by atoms with Crippen LogP contribution >= 0.6 is 0 Å². The van der Waals surface area contributed by atoms with Gasteiger partial charge in [0.25, 0.3) is 8.32 Å². The van der Waals surface area contributed by atoms with E-state index in [1.165, 1.54) is 0 Å². The van der Waals surface area contributed by atoms with Gasteiger partial charge in [0, 0.05) is 0 Å². The summed E-state index contributed by atoms with van der Waals surface area (Å²) in [6, 6.07) is 19.9. The topological polar surface area (TPSA) is 90.2 Å². The first-order valence-corrected chi connectivity index (χ1v) is 11.0. The van der Waals surface area contributed by atoms with E-state index in [1.807, 2.05) is 60.7 Å². The summed E-state index contributed by atoms with van der Waals surface area (Å²) < 4.78 is 6.48. The second kappa shape index (κ2) is 9.10. The van der Waals surface area contributed by atoms with Gasteiger partial charge in [-0.2, -0.15) is 0 Å². The third-order valence-electron chi connectivity index (χ3n) is 4.86. The van der Waals surface area contributed by atoms with Crippen LogP contribution in [0.1, 0.15) is 20.8 Å². The van der Waals surface area contributed by atoms with Gasteiger partial charge >= 0.3 is 0 Å². The normalized spacial score (nSPS) is 16.0. The first-order chi connectivity index (χ1) is 12.7. The maximum absolute atomic E-state index is 10.3. The molecule has 0 amide bonds. The molecule has 0 heterocycles. The maximum atomic E-state index is 10.3. The predicted molar refractivity (Wildman–Crippen MR) is 109 cm³/mol. The molecule has 0 saturated carbocycles. The molecular weight excluding hydrogens is 360 g/mol. The van der Waals surface area contributed by atoms with Crippen LogP contribution in [0.4, 0.5) is 0 Å². The van der Waals surface area contributed by atoms with Crippen LogP contribution in [0.3, 0.4) is 0 Å². The maximum Gasteiger partial charge on any atom is 0.261 e. The Morgan fingerprint density at radius 2 is 1.26 bits per heavy atom. The minimum absolute atomic E-state index is 0.147. The summed E-state index contributed by atoms with van der Waals surface area (Å²) >= 11 is 0. The molecule has 5 nitrogen and oxygen atoms in total. The quantitative estimate of drug-likeness (QED) is 0.497. The van der Waals surface area contributed by atoms with Crippen molar-refractivity contribution in [1.82, 2.24) is 0 Å². The summed E-state index contributed by atoms with van der Waals surface area (Å²) in [5, 5.41) is 40.8. The molecule has 27 heavy (non-hydrogen) atoms. The zero-order valence-electron chi connectivity index (χ0n) is 16.1. The van der Waals surface area contributed by atoms with Crippen molar-refractivity contribution in [3.63, 3.8) is 0 Å². The van der Waals surface area contributed by atoms with E-state index in [-0.39, 0.29) is 11.6 Å². The second-order valence-electron chi connectivity index (χ2n) is 7.78. The van der Waals surface area contributed by atoms with Gasteiger partial charge in [-0.15, -0.1) is 0 Å². The van der Waals surface area contributed by atoms with Gasteiger partial charge in [-0.05, 0) is 15.4 Å². The molecule has 0 aromatic heterocycles. The molecule has 0 fully saturated rings. The van der Waals surface area contributed by atoms with Gasteiger partial charge in [-0.25, -0.2) is 0 Å². The van der Waals surface area contributed by atoms with Crippen molar-refractivity contribution in [3.8, 4) is 0 Å². The van der Waals surface area contributed by atoms with E-state index in [9.17, 15) is 15.3 Å². The number of benzene rings is 2. The van der Waals surface area contributed by atoms with E-state index < -0.39 is 33.2 Å². The standard InChI is InChI=1S/C21H30O5Si/c1-21(2,3)27(16-10-6-4-7-11-16,17-12-8-5-9-13-17)26-15-19(24)20(25)18(23)14-22/h4-13,18-20,22-25H,14-15H2,1-3H3/t18?,19-,20?/m1/s1. The van der Waals surface area contributed by atoms with Crippen LogP contribution in [0.25, 0.3) is 0 Å². The Morgan fingerprint density at radius 3 is 1.63 bits per heavy atom. The molecule has 3 atom stereocenters. The highest BCUT2D eigenvalue weighted by molar-refractivity contribution is 6.99. The van der Waals surface area contributed by atoms with Crippen LogP contribution in [-0.2, 0) is 4.43 Å². The number of aliphatic hydroxyl groups is 4. The van der Waals surface area contributed by atoms with Crippen LogP contribution in [0, 0.1) is 0 Å². The first-order valence-electron chi connectivity index (χ1n) is 9.14. The van der Waals surface area contributed by atoms with Gasteiger partial charge in [0.2, 0.25) is 0 Å². The average molecular weight is 391 g/mol. The largest absolute Gasteiger partial charge is 0.405 e. The molecule has 0 radical (unpaired) electrons. The predicted octanol–water partition coefficient (Wildman–Crippen LogP) is 0.638. The van der Waals surface area contributed by atoms with Crippen molar-refractivity contribution in [3.05, 3.63) is 60.7 Å². The summed E-state index contributed by atoms with van der Waals surface area (Å²) in [5.41, 5.74) is 0. The van der Waals surface area contributed by atoms with Gasteiger partial charge in [0.1, 0.15) is 18.3 Å². The molecule has 2 unspecified atom stereocenters. The van der Waals surface area contributed by atoms with Gasteiger partial charge < -0.3 is 24.9 Å². The molecule has 6 heteroatoms. The lowest BCUT2D eigenvalue weighted by molar-refractivity contribution is -0.0880. The fourth-order valence-corrected chi connectivity index (χ4v) is 8.01. The molecular formula is C21H30O5Si. The van der Waals surface area contributed by atoms with Crippen molar-refractivity contribution in [2.75, 3.05) is 13.2 Å². The van der Waals surface area contributed by atoms with Crippen molar-refractivity contribution in [1.29, 1.82) is 0 Å². The Kier molecular flexibility index (Phi) is 7.33. The van der Waals surface area contributed by atoms with Crippen LogP contribution in [-0.4, -0.2) is 60.3 Å². The molecule has 4 N–H and O–H groups in total. The number of hydrogen-bond donors (Lipinski definition) is 4. The lowest BCUT2D eigenvalue weighted by Gasteiger charge is -2.43. The fraction of sp³-hybridized carbons (Fsp3) is 0.429. The van der Waals surface area contributed by atoms with E-state index in [0.29, 0.717) is 0 Å². The Balaban J connectivity index is 2.47. The minimum atomic E-state index is -2.82. The number of rotatable bonds is 8. The highest BCUT2D eigenvalue weighted by Gasteiger charge is 2.50. The lowest BCUT2D eigenvalue weighted by Crippen LogP contribution is -2.67. The van der Waals surface area contributed by atoms with Gasteiger partial charge in [-0.1, -0.05) is 81.4 Å². The van der Waals surface area contributed by atoms with Crippen molar-refractivity contribution in [2.45, 2.75) is 44.1 Å².